The van der Waals surface area contributed by atoms with Crippen LogP contribution in [0.5, 0.6) is 0 Å². The number of nitrogen functional groups attached to an aromatic ring is 1. The summed E-state index contributed by atoms with van der Waals surface area (Å²) in [5, 5.41) is 4.32. The van der Waals surface area contributed by atoms with Gasteiger partial charge in [-0.2, -0.15) is 5.10 Å². The lowest BCUT2D eigenvalue weighted by molar-refractivity contribution is -0.0945. The van der Waals surface area contributed by atoms with Crippen LogP contribution in [0.2, 0.25) is 0 Å². The third kappa shape index (κ3) is 3.86. The number of nitrogens with zero attached hydrogens (tertiary/aromatic N) is 3. The summed E-state index contributed by atoms with van der Waals surface area (Å²) in [6.07, 6.45) is 0.625. The van der Waals surface area contributed by atoms with Crippen LogP contribution in [0.15, 0.2) is 4.90 Å². The second kappa shape index (κ2) is 6.63. The van der Waals surface area contributed by atoms with Gasteiger partial charge in [-0.25, -0.2) is 13.1 Å². The zero-order valence-corrected chi connectivity index (χ0v) is 14.1. The van der Waals surface area contributed by atoms with E-state index in [-0.39, 0.29) is 16.8 Å². The second-order valence-corrected chi connectivity index (χ2v) is 7.08. The van der Waals surface area contributed by atoms with E-state index < -0.39 is 16.1 Å². The minimum absolute atomic E-state index is 0.0321. The molecule has 0 aliphatic rings. The Labute approximate surface area is 125 Å². The Morgan fingerprint density at radius 2 is 1.86 bits per heavy atom. The van der Waals surface area contributed by atoms with Gasteiger partial charge in [-0.05, 0) is 13.8 Å². The minimum atomic E-state index is -3.50. The molecule has 8 nitrogen and oxygen atoms in total. The molecule has 0 saturated heterocycles. The van der Waals surface area contributed by atoms with E-state index in [1.54, 1.807) is 11.9 Å². The lowest BCUT2D eigenvalue weighted by Crippen LogP contribution is -2.32. The summed E-state index contributed by atoms with van der Waals surface area (Å²) in [4.78, 5) is 1.69. The molecule has 0 amide bonds. The Hall–Kier alpha value is -1.32. The molecule has 0 radical (unpaired) electrons. The molecule has 1 aromatic rings. The summed E-state index contributed by atoms with van der Waals surface area (Å²) in [6.45, 7) is 4.09. The fourth-order valence-electron chi connectivity index (χ4n) is 1.97. The van der Waals surface area contributed by atoms with Crippen molar-refractivity contribution in [1.29, 1.82) is 0 Å². The highest BCUT2D eigenvalue weighted by Crippen LogP contribution is 2.31. The number of methoxy groups -OCH3 is 2. The van der Waals surface area contributed by atoms with Crippen molar-refractivity contribution >= 4 is 21.5 Å². The van der Waals surface area contributed by atoms with Crippen LogP contribution in [0, 0.1) is 0 Å². The monoisotopic (exact) mass is 320 g/mol. The lowest BCUT2D eigenvalue weighted by atomic mass is 10.4. The summed E-state index contributed by atoms with van der Waals surface area (Å²) in [7, 11) is 1.24. The van der Waals surface area contributed by atoms with Crippen LogP contribution in [0.1, 0.15) is 19.9 Å². The van der Waals surface area contributed by atoms with Crippen LogP contribution in [-0.4, -0.2) is 58.6 Å². The molecule has 0 fully saturated rings. The van der Waals surface area contributed by atoms with Gasteiger partial charge in [-0.1, -0.05) is 0 Å². The maximum absolute atomic E-state index is 12.0. The van der Waals surface area contributed by atoms with Crippen molar-refractivity contribution in [3.8, 4) is 0 Å². The molecule has 0 bridgehead atoms. The van der Waals surface area contributed by atoms with E-state index in [4.69, 9.17) is 15.2 Å². The summed E-state index contributed by atoms with van der Waals surface area (Å²) in [5.41, 5.74) is 5.96. The molecule has 122 valence electrons. The van der Waals surface area contributed by atoms with Crippen LogP contribution in [0.3, 0.4) is 0 Å². The number of nitrogens with two attached hydrogens (primary N) is 1. The molecular weight excluding hydrogens is 296 g/mol. The van der Waals surface area contributed by atoms with Gasteiger partial charge in [0.15, 0.2) is 26.8 Å². The average Bonchev–Trinajstić information content (AvgIpc) is 2.73. The Balaban J connectivity index is 3.31. The molecule has 0 aliphatic carbocycles. The molecule has 0 aliphatic heterocycles. The van der Waals surface area contributed by atoms with Gasteiger partial charge in [0.1, 0.15) is 5.82 Å². The highest BCUT2D eigenvalue weighted by atomic mass is 32.2. The first-order valence-corrected chi connectivity index (χ1v) is 8.37. The second-order valence-electron chi connectivity index (χ2n) is 5.13. The molecule has 0 aromatic carbocycles. The fraction of sp³-hybridized carbons (Fsp3) is 0.750. The number of sulfone groups is 1. The predicted molar refractivity (Wildman–Crippen MR) is 81.2 cm³/mol. The van der Waals surface area contributed by atoms with E-state index in [0.29, 0.717) is 12.4 Å². The summed E-state index contributed by atoms with van der Waals surface area (Å²) >= 11 is 0. The molecule has 2 N–H and O–H groups in total. The molecule has 9 heteroatoms. The van der Waals surface area contributed by atoms with E-state index in [0.717, 1.165) is 6.26 Å². The average molecular weight is 320 g/mol. The minimum Gasteiger partial charge on any atom is -0.383 e. The standard InChI is InChI=1S/C12H24N4O4S/c1-8(2)16-11(13)10(21(6,17)18)12(14-16)15(3)7-9(19-4)20-5/h8-9H,7,13H2,1-6H3. The van der Waals surface area contributed by atoms with Crippen molar-refractivity contribution in [2.45, 2.75) is 31.1 Å². The first kappa shape index (κ1) is 17.7. The summed E-state index contributed by atoms with van der Waals surface area (Å²) < 4.78 is 35.8. The number of hydrogen-bond donors (Lipinski definition) is 1. The van der Waals surface area contributed by atoms with Gasteiger partial charge in [0.05, 0.1) is 6.54 Å². The van der Waals surface area contributed by atoms with E-state index in [2.05, 4.69) is 5.10 Å². The van der Waals surface area contributed by atoms with E-state index in [1.165, 1.54) is 18.9 Å². The maximum atomic E-state index is 12.0. The normalized spacial score (nSPS) is 12.4. The van der Waals surface area contributed by atoms with Gasteiger partial charge in [0.25, 0.3) is 0 Å². The van der Waals surface area contributed by atoms with E-state index in [9.17, 15) is 8.42 Å². The zero-order chi connectivity index (χ0) is 16.4. The first-order valence-electron chi connectivity index (χ1n) is 6.48. The topological polar surface area (TPSA) is 99.7 Å². The zero-order valence-electron chi connectivity index (χ0n) is 13.3. The Kier molecular flexibility index (Phi) is 5.60. The number of aromatic nitrogens is 2. The molecule has 0 saturated carbocycles. The van der Waals surface area contributed by atoms with Crippen LogP contribution >= 0.6 is 0 Å². The van der Waals surface area contributed by atoms with Crippen molar-refractivity contribution in [3.05, 3.63) is 0 Å². The summed E-state index contributed by atoms with van der Waals surface area (Å²) in [5.74, 6) is 0.434. The van der Waals surface area contributed by atoms with Crippen molar-refractivity contribution < 1.29 is 17.9 Å². The van der Waals surface area contributed by atoms with Crippen molar-refractivity contribution in [3.63, 3.8) is 0 Å². The van der Waals surface area contributed by atoms with Gasteiger partial charge in [-0.3, -0.25) is 0 Å². The predicted octanol–water partition coefficient (Wildman–Crippen LogP) is 0.505. The lowest BCUT2D eigenvalue weighted by Gasteiger charge is -2.22. The molecule has 0 spiro atoms. The van der Waals surface area contributed by atoms with Crippen LogP contribution in [0.25, 0.3) is 0 Å². The van der Waals surface area contributed by atoms with Crippen LogP contribution in [0.4, 0.5) is 11.6 Å². The number of likely N-dealkylation sites (N-methyl/N-ethyl adjacent to an activating group) is 1. The maximum Gasteiger partial charge on any atom is 0.182 e. The van der Waals surface area contributed by atoms with Crippen molar-refractivity contribution in [2.24, 2.45) is 0 Å². The molecule has 21 heavy (non-hydrogen) atoms. The van der Waals surface area contributed by atoms with Crippen molar-refractivity contribution in [2.75, 3.05) is 44.7 Å². The van der Waals surface area contributed by atoms with E-state index in [1.807, 2.05) is 13.8 Å². The van der Waals surface area contributed by atoms with Crippen molar-refractivity contribution in [1.82, 2.24) is 9.78 Å². The molecule has 1 rings (SSSR count). The number of anilines is 2. The molecule has 1 aromatic heterocycles. The van der Waals surface area contributed by atoms with Crippen LogP contribution in [-0.2, 0) is 19.3 Å². The number of hydrogen-bond acceptors (Lipinski definition) is 7. The largest absolute Gasteiger partial charge is 0.383 e. The first-order chi connectivity index (χ1) is 9.63. The van der Waals surface area contributed by atoms with Gasteiger partial charge in [0, 0.05) is 33.6 Å². The SMILES string of the molecule is COC(CN(C)c1nn(C(C)C)c(N)c1S(C)(=O)=O)OC. The van der Waals surface area contributed by atoms with Gasteiger partial charge in [-0.15, -0.1) is 0 Å². The van der Waals surface area contributed by atoms with Gasteiger partial charge in [0.2, 0.25) is 0 Å². The smallest absolute Gasteiger partial charge is 0.182 e. The highest BCUT2D eigenvalue weighted by molar-refractivity contribution is 7.91. The molecule has 0 atom stereocenters. The Morgan fingerprint density at radius 3 is 2.24 bits per heavy atom. The quantitative estimate of drug-likeness (QED) is 0.730. The summed E-state index contributed by atoms with van der Waals surface area (Å²) in [6, 6.07) is -0.0479. The van der Waals surface area contributed by atoms with Gasteiger partial charge >= 0.3 is 0 Å². The Morgan fingerprint density at radius 1 is 1.33 bits per heavy atom. The molecule has 0 unspecified atom stereocenters. The number of ether oxygens (including phenoxy) is 2. The molecular formula is C12H24N4O4S. The fourth-order valence-corrected chi connectivity index (χ4v) is 2.98. The number of rotatable bonds is 7. The third-order valence-electron chi connectivity index (χ3n) is 3.06. The van der Waals surface area contributed by atoms with Crippen LogP contribution < -0.4 is 10.6 Å². The molecule has 1 heterocycles. The third-order valence-corrected chi connectivity index (χ3v) is 4.19. The highest BCUT2D eigenvalue weighted by Gasteiger charge is 2.28. The Bertz CT molecular complexity index is 578. The van der Waals surface area contributed by atoms with Gasteiger partial charge < -0.3 is 20.1 Å². The van der Waals surface area contributed by atoms with E-state index >= 15 is 0 Å².